The van der Waals surface area contributed by atoms with Crippen molar-refractivity contribution in [3.05, 3.63) is 54.1 Å². The van der Waals surface area contributed by atoms with Crippen LogP contribution in [0.5, 0.6) is 5.75 Å². The van der Waals surface area contributed by atoms with Gasteiger partial charge in [0, 0.05) is 16.1 Å². The molecule has 0 saturated heterocycles. The molecule has 0 spiro atoms. The molecule has 0 saturated carbocycles. The van der Waals surface area contributed by atoms with E-state index in [-0.39, 0.29) is 6.09 Å². The van der Waals surface area contributed by atoms with Crippen LogP contribution >= 0.6 is 12.6 Å². The molecule has 1 amide bonds. The lowest BCUT2D eigenvalue weighted by Crippen LogP contribution is -2.36. The molecular weight excluding hydrogens is 246 g/mol. The van der Waals surface area contributed by atoms with Crippen LogP contribution in [0.25, 0.3) is 0 Å². The van der Waals surface area contributed by atoms with Crippen LogP contribution in [0.4, 0.5) is 10.5 Å². The zero-order valence-electron chi connectivity index (χ0n) is 9.54. The summed E-state index contributed by atoms with van der Waals surface area (Å²) in [6.45, 7) is 0.520. The van der Waals surface area contributed by atoms with E-state index in [1.165, 1.54) is 0 Å². The Balaban J connectivity index is 1.97. The zero-order chi connectivity index (χ0) is 12.5. The maximum absolute atomic E-state index is 11.9. The van der Waals surface area contributed by atoms with E-state index >= 15 is 0 Å². The second-order valence-electron chi connectivity index (χ2n) is 4.08. The van der Waals surface area contributed by atoms with Gasteiger partial charge in [0.25, 0.3) is 0 Å². The Labute approximate surface area is 110 Å². The average molecular weight is 257 g/mol. The molecule has 0 atom stereocenters. The number of rotatable bonds is 1. The van der Waals surface area contributed by atoms with Gasteiger partial charge in [-0.15, -0.1) is 12.6 Å². The number of carbonyl (C=O) groups is 1. The van der Waals surface area contributed by atoms with Crippen molar-refractivity contribution in [3.63, 3.8) is 0 Å². The van der Waals surface area contributed by atoms with Gasteiger partial charge in [0.05, 0.1) is 6.54 Å². The van der Waals surface area contributed by atoms with Crippen molar-refractivity contribution in [3.8, 4) is 5.75 Å². The van der Waals surface area contributed by atoms with Crippen LogP contribution in [-0.4, -0.2) is 6.09 Å². The highest BCUT2D eigenvalue weighted by molar-refractivity contribution is 7.80. The Morgan fingerprint density at radius 3 is 2.67 bits per heavy atom. The van der Waals surface area contributed by atoms with Gasteiger partial charge >= 0.3 is 6.09 Å². The highest BCUT2D eigenvalue weighted by atomic mass is 32.1. The average Bonchev–Trinajstić information content (AvgIpc) is 2.39. The molecule has 4 heteroatoms. The van der Waals surface area contributed by atoms with Gasteiger partial charge in [0.15, 0.2) is 0 Å². The Kier molecular flexibility index (Phi) is 2.72. The van der Waals surface area contributed by atoms with Crippen LogP contribution < -0.4 is 9.64 Å². The molecule has 18 heavy (non-hydrogen) atoms. The quantitative estimate of drug-likeness (QED) is 0.792. The van der Waals surface area contributed by atoms with Crippen molar-refractivity contribution in [1.29, 1.82) is 0 Å². The number of para-hydroxylation sites is 1. The van der Waals surface area contributed by atoms with Gasteiger partial charge in [-0.2, -0.15) is 0 Å². The van der Waals surface area contributed by atoms with E-state index < -0.39 is 0 Å². The van der Waals surface area contributed by atoms with E-state index in [4.69, 9.17) is 4.74 Å². The predicted octanol–water partition coefficient (Wildman–Crippen LogP) is 3.49. The molecule has 2 aromatic carbocycles. The van der Waals surface area contributed by atoms with Crippen LogP contribution in [0.3, 0.4) is 0 Å². The maximum Gasteiger partial charge on any atom is 0.420 e. The molecule has 3 rings (SSSR count). The number of thiol groups is 1. The fraction of sp³-hybridized carbons (Fsp3) is 0.0714. The molecule has 0 unspecified atom stereocenters. The smallest absolute Gasteiger partial charge is 0.410 e. The summed E-state index contributed by atoms with van der Waals surface area (Å²) >= 11 is 4.24. The molecule has 3 nitrogen and oxygen atoms in total. The first-order valence-electron chi connectivity index (χ1n) is 5.60. The van der Waals surface area contributed by atoms with Crippen LogP contribution in [-0.2, 0) is 6.54 Å². The van der Waals surface area contributed by atoms with Gasteiger partial charge in [-0.05, 0) is 24.3 Å². The van der Waals surface area contributed by atoms with Crippen LogP contribution in [0.15, 0.2) is 53.4 Å². The van der Waals surface area contributed by atoms with Crippen molar-refractivity contribution < 1.29 is 9.53 Å². The fourth-order valence-corrected chi connectivity index (χ4v) is 2.15. The van der Waals surface area contributed by atoms with E-state index in [9.17, 15) is 4.79 Å². The molecule has 1 aliphatic rings. The third-order valence-corrected chi connectivity index (χ3v) is 3.14. The highest BCUT2D eigenvalue weighted by Gasteiger charge is 2.25. The lowest BCUT2D eigenvalue weighted by Gasteiger charge is -2.28. The minimum atomic E-state index is -0.354. The monoisotopic (exact) mass is 257 g/mol. The predicted molar refractivity (Wildman–Crippen MR) is 72.3 cm³/mol. The van der Waals surface area contributed by atoms with Crippen LogP contribution in [0.2, 0.25) is 0 Å². The van der Waals surface area contributed by atoms with Crippen LogP contribution in [0, 0.1) is 0 Å². The lowest BCUT2D eigenvalue weighted by atomic mass is 10.1. The second kappa shape index (κ2) is 4.38. The van der Waals surface area contributed by atoms with Crippen molar-refractivity contribution in [2.45, 2.75) is 11.4 Å². The first-order valence-corrected chi connectivity index (χ1v) is 6.05. The SMILES string of the molecule is O=C1Oc2cc(S)ccc2CN1c1ccccc1. The van der Waals surface area contributed by atoms with Crippen LogP contribution in [0.1, 0.15) is 5.56 Å². The molecule has 0 radical (unpaired) electrons. The molecule has 0 aromatic heterocycles. The van der Waals surface area contributed by atoms with Crippen molar-refractivity contribution in [1.82, 2.24) is 0 Å². The number of anilines is 1. The van der Waals surface area contributed by atoms with Gasteiger partial charge in [0.1, 0.15) is 5.75 Å². The summed E-state index contributed by atoms with van der Waals surface area (Å²) in [7, 11) is 0. The number of hydrogen-bond donors (Lipinski definition) is 1. The summed E-state index contributed by atoms with van der Waals surface area (Å²) in [5.41, 5.74) is 1.82. The van der Waals surface area contributed by atoms with Crippen molar-refractivity contribution in [2.75, 3.05) is 4.90 Å². The Bertz CT molecular complexity index is 598. The minimum Gasteiger partial charge on any atom is -0.410 e. The minimum absolute atomic E-state index is 0.354. The molecule has 1 aliphatic heterocycles. The first kappa shape index (κ1) is 11.2. The molecule has 0 bridgehead atoms. The first-order chi connectivity index (χ1) is 8.74. The highest BCUT2D eigenvalue weighted by Crippen LogP contribution is 2.30. The molecule has 90 valence electrons. The number of carbonyl (C=O) groups excluding carboxylic acids is 1. The largest absolute Gasteiger partial charge is 0.420 e. The third-order valence-electron chi connectivity index (χ3n) is 2.86. The van der Waals surface area contributed by atoms with E-state index in [1.54, 1.807) is 11.0 Å². The van der Waals surface area contributed by atoms with Crippen molar-refractivity contribution in [2.24, 2.45) is 0 Å². The lowest BCUT2D eigenvalue weighted by molar-refractivity contribution is 0.203. The van der Waals surface area contributed by atoms with E-state index in [1.807, 2.05) is 42.5 Å². The van der Waals surface area contributed by atoms with E-state index in [0.29, 0.717) is 12.3 Å². The standard InChI is InChI=1S/C14H11NO2S/c16-14-15(11-4-2-1-3-5-11)9-10-6-7-12(18)8-13(10)17-14/h1-8,18H,9H2. The number of benzene rings is 2. The number of amides is 1. The summed E-state index contributed by atoms with van der Waals surface area (Å²) in [6.07, 6.45) is -0.354. The van der Waals surface area contributed by atoms with E-state index in [0.717, 1.165) is 16.1 Å². The fourth-order valence-electron chi connectivity index (χ4n) is 1.96. The molecule has 1 heterocycles. The van der Waals surface area contributed by atoms with Crippen molar-refractivity contribution >= 4 is 24.4 Å². The Morgan fingerprint density at radius 1 is 1.11 bits per heavy atom. The van der Waals surface area contributed by atoms with Gasteiger partial charge in [-0.3, -0.25) is 4.90 Å². The Hall–Kier alpha value is -1.94. The summed E-state index contributed by atoms with van der Waals surface area (Å²) in [5, 5.41) is 0. The van der Waals surface area contributed by atoms with Gasteiger partial charge in [-0.1, -0.05) is 24.3 Å². The molecule has 0 N–H and O–H groups in total. The summed E-state index contributed by atoms with van der Waals surface area (Å²) in [6, 6.07) is 15.1. The maximum atomic E-state index is 11.9. The van der Waals surface area contributed by atoms with Gasteiger partial charge < -0.3 is 4.74 Å². The second-order valence-corrected chi connectivity index (χ2v) is 4.60. The molecule has 2 aromatic rings. The number of fused-ring (bicyclic) bond motifs is 1. The third kappa shape index (κ3) is 1.95. The molecular formula is C14H11NO2S. The van der Waals surface area contributed by atoms with Gasteiger partial charge in [-0.25, -0.2) is 4.79 Å². The summed E-state index contributed by atoms with van der Waals surface area (Å²) < 4.78 is 5.32. The Morgan fingerprint density at radius 2 is 1.89 bits per heavy atom. The summed E-state index contributed by atoms with van der Waals surface area (Å²) in [5.74, 6) is 0.597. The molecule has 0 aliphatic carbocycles. The van der Waals surface area contributed by atoms with E-state index in [2.05, 4.69) is 12.6 Å². The molecule has 0 fully saturated rings. The number of nitrogens with zero attached hydrogens (tertiary/aromatic N) is 1. The topological polar surface area (TPSA) is 29.5 Å². The summed E-state index contributed by atoms with van der Waals surface area (Å²) in [4.78, 5) is 14.3. The number of ether oxygens (including phenoxy) is 1. The van der Waals surface area contributed by atoms with Gasteiger partial charge in [0.2, 0.25) is 0 Å². The zero-order valence-corrected chi connectivity index (χ0v) is 10.4. The number of hydrogen-bond acceptors (Lipinski definition) is 3. The normalized spacial score (nSPS) is 14.1.